The number of nitrogens with zero attached hydrogens (tertiary/aromatic N) is 1. The topological polar surface area (TPSA) is 81.3 Å². The molecule has 1 aromatic rings. The van der Waals surface area contributed by atoms with E-state index in [-0.39, 0.29) is 5.56 Å². The number of hydrogen-bond donors (Lipinski definition) is 2. The van der Waals surface area contributed by atoms with Crippen molar-refractivity contribution in [2.45, 2.75) is 25.4 Å². The summed E-state index contributed by atoms with van der Waals surface area (Å²) in [6.07, 6.45) is -1.63. The molecule has 0 aromatic heterocycles. The van der Waals surface area contributed by atoms with Gasteiger partial charge in [-0.05, 0) is 17.7 Å². The first-order valence-electron chi connectivity index (χ1n) is 4.91. The fourth-order valence-corrected chi connectivity index (χ4v) is 1.48. The minimum atomic E-state index is -1.63. The van der Waals surface area contributed by atoms with Gasteiger partial charge in [-0.2, -0.15) is 5.26 Å². The highest BCUT2D eigenvalue weighted by Gasteiger charge is 2.35. The van der Waals surface area contributed by atoms with E-state index in [1.807, 2.05) is 0 Å². The molecular formula is C12H12FNO3. The number of rotatable bonds is 3. The molecule has 0 bridgehead atoms. The summed E-state index contributed by atoms with van der Waals surface area (Å²) in [6.45, 7) is 3.03. The summed E-state index contributed by atoms with van der Waals surface area (Å²) in [7, 11) is 0. The van der Waals surface area contributed by atoms with E-state index in [0.29, 0.717) is 5.56 Å². The van der Waals surface area contributed by atoms with E-state index < -0.39 is 23.3 Å². The molecule has 1 aromatic carbocycles. The lowest BCUT2D eigenvalue weighted by molar-refractivity contribution is -0.150. The summed E-state index contributed by atoms with van der Waals surface area (Å²) in [5.41, 5.74) is -0.885. The first kappa shape index (κ1) is 13.1. The van der Waals surface area contributed by atoms with Crippen LogP contribution in [0.5, 0.6) is 0 Å². The van der Waals surface area contributed by atoms with Gasteiger partial charge in [-0.3, -0.25) is 0 Å². The monoisotopic (exact) mass is 237 g/mol. The van der Waals surface area contributed by atoms with E-state index in [0.717, 1.165) is 6.07 Å². The molecule has 0 amide bonds. The maximum atomic E-state index is 13.1. The predicted octanol–water partition coefficient (Wildman–Crippen LogP) is 1.42. The van der Waals surface area contributed by atoms with E-state index in [1.165, 1.54) is 26.0 Å². The smallest absolute Gasteiger partial charge is 0.333 e. The molecule has 0 aliphatic carbocycles. The van der Waals surface area contributed by atoms with Crippen molar-refractivity contribution >= 4 is 5.97 Å². The molecule has 0 spiro atoms. The van der Waals surface area contributed by atoms with E-state index >= 15 is 0 Å². The van der Waals surface area contributed by atoms with Gasteiger partial charge in [-0.25, -0.2) is 9.18 Å². The summed E-state index contributed by atoms with van der Waals surface area (Å²) in [4.78, 5) is 10.8. The van der Waals surface area contributed by atoms with Gasteiger partial charge in [0.05, 0.1) is 5.56 Å². The third-order valence-electron chi connectivity index (χ3n) is 2.75. The molecule has 5 heteroatoms. The van der Waals surface area contributed by atoms with Crippen LogP contribution in [0.15, 0.2) is 18.2 Å². The van der Waals surface area contributed by atoms with Crippen LogP contribution in [0.1, 0.15) is 25.0 Å². The number of nitriles is 1. The average Bonchev–Trinajstić information content (AvgIpc) is 2.28. The lowest BCUT2D eigenvalue weighted by Gasteiger charge is -2.28. The Morgan fingerprint density at radius 2 is 2.12 bits per heavy atom. The largest absolute Gasteiger partial charge is 0.479 e. The molecule has 1 atom stereocenters. The molecule has 0 aliphatic rings. The van der Waals surface area contributed by atoms with Crippen LogP contribution in [0.25, 0.3) is 0 Å². The van der Waals surface area contributed by atoms with Crippen molar-refractivity contribution in [2.24, 2.45) is 0 Å². The molecule has 2 N–H and O–H groups in total. The summed E-state index contributed by atoms with van der Waals surface area (Å²) < 4.78 is 13.1. The number of benzene rings is 1. The fourth-order valence-electron chi connectivity index (χ4n) is 1.48. The summed E-state index contributed by atoms with van der Waals surface area (Å²) in [5, 5.41) is 27.0. The quantitative estimate of drug-likeness (QED) is 0.833. The fraction of sp³-hybridized carbons (Fsp3) is 0.333. The Morgan fingerprint density at radius 1 is 1.53 bits per heavy atom. The zero-order chi connectivity index (χ0) is 13.2. The molecular weight excluding hydrogens is 225 g/mol. The van der Waals surface area contributed by atoms with Crippen LogP contribution < -0.4 is 0 Å². The molecule has 0 radical (unpaired) electrons. The van der Waals surface area contributed by atoms with Gasteiger partial charge in [0.25, 0.3) is 0 Å². The third-order valence-corrected chi connectivity index (χ3v) is 2.75. The standard InChI is InChI=1S/C12H12FNO3/c1-12(2,10(15)11(16)17)8-3-4-9(13)7(5-8)6-14/h3-5,10,15H,1-2H3,(H,16,17). The van der Waals surface area contributed by atoms with Crippen LogP contribution in [-0.4, -0.2) is 22.3 Å². The number of hydrogen-bond acceptors (Lipinski definition) is 3. The molecule has 0 fully saturated rings. The minimum absolute atomic E-state index is 0.173. The molecule has 90 valence electrons. The number of aliphatic hydroxyl groups is 1. The van der Waals surface area contributed by atoms with Gasteiger partial charge in [0.15, 0.2) is 6.10 Å². The molecule has 0 saturated heterocycles. The van der Waals surface area contributed by atoms with E-state index in [9.17, 15) is 14.3 Å². The van der Waals surface area contributed by atoms with Crippen molar-refractivity contribution in [3.05, 3.63) is 35.1 Å². The van der Waals surface area contributed by atoms with Crippen molar-refractivity contribution < 1.29 is 19.4 Å². The van der Waals surface area contributed by atoms with Crippen LogP contribution in [0.4, 0.5) is 4.39 Å². The molecule has 0 saturated carbocycles. The van der Waals surface area contributed by atoms with Gasteiger partial charge in [0.1, 0.15) is 11.9 Å². The van der Waals surface area contributed by atoms with Crippen molar-refractivity contribution in [2.75, 3.05) is 0 Å². The van der Waals surface area contributed by atoms with E-state index in [4.69, 9.17) is 10.4 Å². The van der Waals surface area contributed by atoms with Crippen LogP contribution in [0, 0.1) is 17.1 Å². The van der Waals surface area contributed by atoms with Gasteiger partial charge in [-0.1, -0.05) is 19.9 Å². The van der Waals surface area contributed by atoms with Crippen LogP contribution in [0.2, 0.25) is 0 Å². The molecule has 1 unspecified atom stereocenters. The molecule has 0 heterocycles. The number of aliphatic hydroxyl groups excluding tert-OH is 1. The minimum Gasteiger partial charge on any atom is -0.479 e. The molecule has 1 rings (SSSR count). The maximum absolute atomic E-state index is 13.1. The zero-order valence-corrected chi connectivity index (χ0v) is 9.44. The second kappa shape index (κ2) is 4.52. The summed E-state index contributed by atoms with van der Waals surface area (Å²) >= 11 is 0. The summed E-state index contributed by atoms with van der Waals surface area (Å²) in [5.74, 6) is -2.03. The zero-order valence-electron chi connectivity index (χ0n) is 9.44. The number of carboxylic acids is 1. The Morgan fingerprint density at radius 3 is 2.59 bits per heavy atom. The highest BCUT2D eigenvalue weighted by atomic mass is 19.1. The van der Waals surface area contributed by atoms with Crippen LogP contribution in [-0.2, 0) is 10.2 Å². The number of halogens is 1. The lowest BCUT2D eigenvalue weighted by atomic mass is 9.79. The lowest BCUT2D eigenvalue weighted by Crippen LogP contribution is -2.39. The Kier molecular flexibility index (Phi) is 3.49. The van der Waals surface area contributed by atoms with Crippen molar-refractivity contribution in [1.29, 1.82) is 5.26 Å². The SMILES string of the molecule is CC(C)(c1ccc(F)c(C#N)c1)C(O)C(=O)O. The Labute approximate surface area is 97.9 Å². The normalized spacial score (nSPS) is 12.9. The first-order chi connectivity index (χ1) is 7.80. The Balaban J connectivity index is 3.25. The van der Waals surface area contributed by atoms with Gasteiger partial charge in [-0.15, -0.1) is 0 Å². The molecule has 4 nitrogen and oxygen atoms in total. The van der Waals surface area contributed by atoms with E-state index in [2.05, 4.69) is 0 Å². The van der Waals surface area contributed by atoms with Crippen LogP contribution in [0.3, 0.4) is 0 Å². The average molecular weight is 237 g/mol. The molecule has 0 aliphatic heterocycles. The Bertz CT molecular complexity index is 491. The van der Waals surface area contributed by atoms with Crippen molar-refractivity contribution in [3.8, 4) is 6.07 Å². The maximum Gasteiger partial charge on any atom is 0.333 e. The van der Waals surface area contributed by atoms with E-state index in [1.54, 1.807) is 6.07 Å². The highest BCUT2D eigenvalue weighted by Crippen LogP contribution is 2.28. The van der Waals surface area contributed by atoms with Gasteiger partial charge in [0, 0.05) is 5.41 Å². The van der Waals surface area contributed by atoms with Gasteiger partial charge >= 0.3 is 5.97 Å². The number of carbonyl (C=O) groups is 1. The van der Waals surface area contributed by atoms with Crippen molar-refractivity contribution in [1.82, 2.24) is 0 Å². The third kappa shape index (κ3) is 2.43. The second-order valence-corrected chi connectivity index (χ2v) is 4.27. The van der Waals surface area contributed by atoms with Crippen molar-refractivity contribution in [3.63, 3.8) is 0 Å². The van der Waals surface area contributed by atoms with Gasteiger partial charge < -0.3 is 10.2 Å². The number of carboxylic acid groups (broad SMARTS) is 1. The predicted molar refractivity (Wildman–Crippen MR) is 57.8 cm³/mol. The Hall–Kier alpha value is -1.93. The second-order valence-electron chi connectivity index (χ2n) is 4.27. The summed E-state index contributed by atoms with van der Waals surface area (Å²) in [6, 6.07) is 5.37. The highest BCUT2D eigenvalue weighted by molar-refractivity contribution is 5.74. The number of aliphatic carboxylic acids is 1. The first-order valence-corrected chi connectivity index (χ1v) is 4.91. The van der Waals surface area contributed by atoms with Crippen LogP contribution >= 0.6 is 0 Å². The van der Waals surface area contributed by atoms with Gasteiger partial charge in [0.2, 0.25) is 0 Å². The molecule has 17 heavy (non-hydrogen) atoms.